The smallest absolute Gasteiger partial charge is 0.328 e. The molecule has 0 aliphatic heterocycles. The van der Waals surface area contributed by atoms with Gasteiger partial charge in [-0.25, -0.2) is 5.84 Å². The van der Waals surface area contributed by atoms with Crippen LogP contribution in [0, 0.1) is 6.92 Å². The van der Waals surface area contributed by atoms with Gasteiger partial charge in [0.1, 0.15) is 0 Å². The van der Waals surface area contributed by atoms with E-state index in [0.29, 0.717) is 13.0 Å². The minimum atomic E-state index is -0.363. The second kappa shape index (κ2) is 6.88. The molecule has 1 rings (SSSR count). The van der Waals surface area contributed by atoms with Gasteiger partial charge in [0.2, 0.25) is 0 Å². The number of hydrazine groups is 1. The van der Waals surface area contributed by atoms with E-state index in [4.69, 9.17) is 5.84 Å². The highest BCUT2D eigenvalue weighted by molar-refractivity contribution is 5.69. The number of rotatable bonds is 6. The van der Waals surface area contributed by atoms with E-state index in [9.17, 15) is 4.79 Å². The number of hydrogen-bond donors (Lipinski definition) is 2. The number of carbonyl (C=O) groups is 1. The summed E-state index contributed by atoms with van der Waals surface area (Å²) in [5, 5.41) is 0. The highest BCUT2D eigenvalue weighted by Gasteiger charge is 2.08. The number of nitrogens with zero attached hydrogens (tertiary/aromatic N) is 1. The fourth-order valence-electron chi connectivity index (χ4n) is 1.57. The SMILES string of the molecule is CCN(CCC(=O)ONN)c1ccc(C)cc1. The van der Waals surface area contributed by atoms with Gasteiger partial charge >= 0.3 is 5.97 Å². The summed E-state index contributed by atoms with van der Waals surface area (Å²) in [4.78, 5) is 17.7. The van der Waals surface area contributed by atoms with E-state index >= 15 is 0 Å². The predicted octanol–water partition coefficient (Wildman–Crippen LogP) is 1.13. The Balaban J connectivity index is 2.54. The summed E-state index contributed by atoms with van der Waals surface area (Å²) in [5.41, 5.74) is 4.21. The van der Waals surface area contributed by atoms with Gasteiger partial charge in [-0.15, -0.1) is 0 Å². The number of hydrogen-bond acceptors (Lipinski definition) is 5. The van der Waals surface area contributed by atoms with Gasteiger partial charge in [0.15, 0.2) is 0 Å². The number of benzene rings is 1. The second-order valence-corrected chi connectivity index (χ2v) is 3.76. The molecule has 0 aromatic heterocycles. The van der Waals surface area contributed by atoms with Crippen molar-refractivity contribution in [3.63, 3.8) is 0 Å². The zero-order valence-corrected chi connectivity index (χ0v) is 10.3. The molecular formula is C12H19N3O2. The molecule has 5 heteroatoms. The summed E-state index contributed by atoms with van der Waals surface area (Å²) in [7, 11) is 0. The molecule has 0 saturated heterocycles. The van der Waals surface area contributed by atoms with Crippen LogP contribution < -0.4 is 16.3 Å². The molecule has 1 aromatic carbocycles. The second-order valence-electron chi connectivity index (χ2n) is 3.76. The maximum absolute atomic E-state index is 11.2. The third kappa shape index (κ3) is 4.42. The molecule has 0 radical (unpaired) electrons. The Bertz CT molecular complexity index is 351. The average molecular weight is 237 g/mol. The number of carbonyl (C=O) groups excluding carboxylic acids is 1. The number of nitrogens with one attached hydrogen (secondary N) is 1. The van der Waals surface area contributed by atoms with Gasteiger partial charge in [-0.05, 0) is 26.0 Å². The van der Waals surface area contributed by atoms with Gasteiger partial charge in [-0.2, -0.15) is 0 Å². The normalized spacial score (nSPS) is 10.1. The van der Waals surface area contributed by atoms with Crippen molar-refractivity contribution >= 4 is 11.7 Å². The molecule has 17 heavy (non-hydrogen) atoms. The van der Waals surface area contributed by atoms with Crippen LogP contribution in [0.1, 0.15) is 18.9 Å². The van der Waals surface area contributed by atoms with Crippen LogP contribution in [0.2, 0.25) is 0 Å². The van der Waals surface area contributed by atoms with E-state index < -0.39 is 0 Å². The van der Waals surface area contributed by atoms with E-state index in [-0.39, 0.29) is 5.97 Å². The molecule has 0 unspecified atom stereocenters. The summed E-state index contributed by atoms with van der Waals surface area (Å²) in [6.45, 7) is 5.54. The van der Waals surface area contributed by atoms with Crippen LogP contribution in [-0.2, 0) is 9.63 Å². The van der Waals surface area contributed by atoms with Gasteiger partial charge in [0, 0.05) is 18.8 Å². The summed E-state index contributed by atoms with van der Waals surface area (Å²) in [5.74, 6) is 4.53. The Hall–Kier alpha value is -1.59. The molecule has 3 N–H and O–H groups in total. The summed E-state index contributed by atoms with van der Waals surface area (Å²) >= 11 is 0. The first-order valence-electron chi connectivity index (χ1n) is 5.64. The van der Waals surface area contributed by atoms with E-state index in [1.807, 2.05) is 31.6 Å². The molecule has 0 heterocycles. The third-order valence-corrected chi connectivity index (χ3v) is 2.54. The van der Waals surface area contributed by atoms with Crippen molar-refractivity contribution in [1.29, 1.82) is 0 Å². The lowest BCUT2D eigenvalue weighted by atomic mass is 10.2. The van der Waals surface area contributed by atoms with Gasteiger partial charge in [0.25, 0.3) is 0 Å². The van der Waals surface area contributed by atoms with E-state index in [1.165, 1.54) is 5.56 Å². The standard InChI is InChI=1S/C12H19N3O2/c1-3-15(9-8-12(16)17-14-13)11-6-4-10(2)5-7-11/h4-7,14H,3,8-9,13H2,1-2H3. The van der Waals surface area contributed by atoms with Crippen molar-refractivity contribution < 1.29 is 9.63 Å². The highest BCUT2D eigenvalue weighted by atomic mass is 16.7. The third-order valence-electron chi connectivity index (χ3n) is 2.54. The van der Waals surface area contributed by atoms with Gasteiger partial charge in [-0.1, -0.05) is 23.3 Å². The zero-order chi connectivity index (χ0) is 12.7. The maximum Gasteiger partial charge on any atom is 0.328 e. The van der Waals surface area contributed by atoms with Gasteiger partial charge in [-0.3, -0.25) is 4.79 Å². The molecule has 0 aliphatic carbocycles. The van der Waals surface area contributed by atoms with Crippen molar-refractivity contribution in [3.05, 3.63) is 29.8 Å². The quantitative estimate of drug-likeness (QED) is 0.573. The van der Waals surface area contributed by atoms with Crippen LogP contribution >= 0.6 is 0 Å². The monoisotopic (exact) mass is 237 g/mol. The molecule has 94 valence electrons. The Morgan fingerprint density at radius 3 is 2.59 bits per heavy atom. The summed E-state index contributed by atoms with van der Waals surface area (Å²) < 4.78 is 0. The Kier molecular flexibility index (Phi) is 5.45. The first-order valence-corrected chi connectivity index (χ1v) is 5.64. The molecule has 0 fully saturated rings. The van der Waals surface area contributed by atoms with Crippen LogP contribution in [-0.4, -0.2) is 19.1 Å². The van der Waals surface area contributed by atoms with Crippen LogP contribution in [0.25, 0.3) is 0 Å². The van der Waals surface area contributed by atoms with Crippen molar-refractivity contribution in [2.75, 3.05) is 18.0 Å². The molecule has 0 bridgehead atoms. The molecule has 0 aliphatic rings. The molecule has 0 amide bonds. The minimum absolute atomic E-state index is 0.298. The number of nitrogens with two attached hydrogens (primary N) is 1. The largest absolute Gasteiger partial charge is 0.371 e. The van der Waals surface area contributed by atoms with Crippen molar-refractivity contribution in [2.24, 2.45) is 5.84 Å². The van der Waals surface area contributed by atoms with Crippen LogP contribution in [0.15, 0.2) is 24.3 Å². The molecule has 5 nitrogen and oxygen atoms in total. The van der Waals surface area contributed by atoms with Crippen LogP contribution in [0.5, 0.6) is 0 Å². The van der Waals surface area contributed by atoms with E-state index in [2.05, 4.69) is 21.9 Å². The lowest BCUT2D eigenvalue weighted by Crippen LogP contribution is -2.30. The predicted molar refractivity (Wildman–Crippen MR) is 67.1 cm³/mol. The summed E-state index contributed by atoms with van der Waals surface area (Å²) in [6, 6.07) is 8.20. The van der Waals surface area contributed by atoms with Crippen molar-refractivity contribution in [2.45, 2.75) is 20.3 Å². The van der Waals surface area contributed by atoms with E-state index in [1.54, 1.807) is 0 Å². The summed E-state index contributed by atoms with van der Waals surface area (Å²) in [6.07, 6.45) is 0.298. The lowest BCUT2D eigenvalue weighted by molar-refractivity contribution is -0.150. The molecule has 0 atom stereocenters. The van der Waals surface area contributed by atoms with Crippen molar-refractivity contribution in [1.82, 2.24) is 5.59 Å². The zero-order valence-electron chi connectivity index (χ0n) is 10.3. The minimum Gasteiger partial charge on any atom is -0.371 e. The molecule has 1 aromatic rings. The average Bonchev–Trinajstić information content (AvgIpc) is 2.32. The van der Waals surface area contributed by atoms with Crippen molar-refractivity contribution in [3.8, 4) is 0 Å². The Morgan fingerprint density at radius 2 is 2.06 bits per heavy atom. The van der Waals surface area contributed by atoms with Crippen LogP contribution in [0.3, 0.4) is 0 Å². The first-order chi connectivity index (χ1) is 8.17. The fourth-order valence-corrected chi connectivity index (χ4v) is 1.57. The number of anilines is 1. The van der Waals surface area contributed by atoms with Crippen LogP contribution in [0.4, 0.5) is 5.69 Å². The van der Waals surface area contributed by atoms with E-state index in [0.717, 1.165) is 12.2 Å². The molecular weight excluding hydrogens is 218 g/mol. The topological polar surface area (TPSA) is 67.6 Å². The lowest BCUT2D eigenvalue weighted by Gasteiger charge is -2.22. The fraction of sp³-hybridized carbons (Fsp3) is 0.417. The first kappa shape index (κ1) is 13.5. The van der Waals surface area contributed by atoms with Gasteiger partial charge < -0.3 is 9.74 Å². The molecule has 0 spiro atoms. The highest BCUT2D eigenvalue weighted by Crippen LogP contribution is 2.15. The van der Waals surface area contributed by atoms with Gasteiger partial charge in [0.05, 0.1) is 6.42 Å². The molecule has 0 saturated carbocycles. The Labute approximate surface area is 101 Å². The Morgan fingerprint density at radius 1 is 1.41 bits per heavy atom. The maximum atomic E-state index is 11.2. The number of aryl methyl sites for hydroxylation is 1.